The SMILES string of the molecule is O=C1Nc2ccccc2C[C@H]1CCC(=O)N1CCN(S(=O)(=O)c2ccccc2C(F)(F)F)CC1. The van der Waals surface area contributed by atoms with Crippen molar-refractivity contribution in [3.8, 4) is 0 Å². The standard InChI is InChI=1S/C23H24F3N3O4S/c24-23(25,26)18-6-2-4-8-20(18)34(32,33)29-13-11-28(12-14-29)21(30)10-9-17-15-16-5-1-3-7-19(16)27-22(17)31/h1-8,17H,9-15H2,(H,27,31)/t17-/m1/s1. The highest BCUT2D eigenvalue weighted by molar-refractivity contribution is 7.89. The molecule has 1 saturated heterocycles. The van der Waals surface area contributed by atoms with Crippen LogP contribution in [0.15, 0.2) is 53.4 Å². The average Bonchev–Trinajstić information content (AvgIpc) is 2.82. The number of anilines is 1. The first-order valence-electron chi connectivity index (χ1n) is 10.9. The molecule has 0 unspecified atom stereocenters. The molecular weight excluding hydrogens is 471 g/mol. The van der Waals surface area contributed by atoms with E-state index >= 15 is 0 Å². The maximum Gasteiger partial charge on any atom is 0.417 e. The van der Waals surface area contributed by atoms with E-state index in [1.807, 2.05) is 24.3 Å². The number of halogens is 3. The van der Waals surface area contributed by atoms with Crippen LogP contribution in [-0.4, -0.2) is 55.6 Å². The first-order chi connectivity index (χ1) is 16.1. The Balaban J connectivity index is 1.34. The van der Waals surface area contributed by atoms with Crippen molar-refractivity contribution in [3.05, 3.63) is 59.7 Å². The van der Waals surface area contributed by atoms with Gasteiger partial charge < -0.3 is 10.2 Å². The molecule has 0 aromatic heterocycles. The smallest absolute Gasteiger partial charge is 0.340 e. The molecule has 11 heteroatoms. The minimum Gasteiger partial charge on any atom is -0.340 e. The zero-order valence-corrected chi connectivity index (χ0v) is 19.0. The first-order valence-corrected chi connectivity index (χ1v) is 12.3. The van der Waals surface area contributed by atoms with Gasteiger partial charge in [-0.3, -0.25) is 9.59 Å². The number of amides is 2. The summed E-state index contributed by atoms with van der Waals surface area (Å²) in [5, 5.41) is 2.85. The van der Waals surface area contributed by atoms with Crippen molar-refractivity contribution in [2.24, 2.45) is 5.92 Å². The Labute approximate surface area is 195 Å². The van der Waals surface area contributed by atoms with Crippen molar-refractivity contribution < 1.29 is 31.2 Å². The second-order valence-electron chi connectivity index (χ2n) is 8.36. The van der Waals surface area contributed by atoms with Crippen molar-refractivity contribution in [2.45, 2.75) is 30.3 Å². The lowest BCUT2D eigenvalue weighted by molar-refractivity contribution is -0.140. The Morgan fingerprint density at radius 1 is 1.00 bits per heavy atom. The Kier molecular flexibility index (Phi) is 6.68. The summed E-state index contributed by atoms with van der Waals surface area (Å²) in [4.78, 5) is 25.7. The van der Waals surface area contributed by atoms with Crippen LogP contribution in [0.3, 0.4) is 0 Å². The highest BCUT2D eigenvalue weighted by Crippen LogP contribution is 2.35. The van der Waals surface area contributed by atoms with Gasteiger partial charge in [-0.25, -0.2) is 8.42 Å². The summed E-state index contributed by atoms with van der Waals surface area (Å²) in [5.74, 6) is -0.676. The molecule has 7 nitrogen and oxygen atoms in total. The monoisotopic (exact) mass is 495 g/mol. The molecule has 1 fully saturated rings. The van der Waals surface area contributed by atoms with Crippen LogP contribution in [0.1, 0.15) is 24.0 Å². The molecule has 34 heavy (non-hydrogen) atoms. The Morgan fingerprint density at radius 2 is 1.65 bits per heavy atom. The number of nitrogens with one attached hydrogen (secondary N) is 1. The highest BCUT2D eigenvalue weighted by Gasteiger charge is 2.40. The van der Waals surface area contributed by atoms with E-state index in [-0.39, 0.29) is 50.3 Å². The number of benzene rings is 2. The molecule has 0 bridgehead atoms. The van der Waals surface area contributed by atoms with Gasteiger partial charge in [0.25, 0.3) is 0 Å². The highest BCUT2D eigenvalue weighted by atomic mass is 32.2. The third-order valence-electron chi connectivity index (χ3n) is 6.22. The second-order valence-corrected chi connectivity index (χ2v) is 10.3. The summed E-state index contributed by atoms with van der Waals surface area (Å²) < 4.78 is 66.6. The maximum absolute atomic E-state index is 13.3. The molecule has 0 radical (unpaired) electrons. The second kappa shape index (κ2) is 9.38. The van der Waals surface area contributed by atoms with Crippen molar-refractivity contribution in [1.29, 1.82) is 0 Å². The Bertz CT molecular complexity index is 1190. The first kappa shape index (κ1) is 24.2. The van der Waals surface area contributed by atoms with E-state index < -0.39 is 26.7 Å². The molecular formula is C23H24F3N3O4S. The van der Waals surface area contributed by atoms with Gasteiger partial charge in [0.15, 0.2) is 0 Å². The molecule has 4 rings (SSSR count). The van der Waals surface area contributed by atoms with Crippen molar-refractivity contribution in [3.63, 3.8) is 0 Å². The minimum atomic E-state index is -4.80. The number of piperazine rings is 1. The van der Waals surface area contributed by atoms with Gasteiger partial charge >= 0.3 is 6.18 Å². The number of carbonyl (C=O) groups excluding carboxylic acids is 2. The van der Waals surface area contributed by atoms with E-state index in [1.54, 1.807) is 0 Å². The molecule has 0 aliphatic carbocycles. The summed E-state index contributed by atoms with van der Waals surface area (Å²) in [7, 11) is -4.37. The third kappa shape index (κ3) is 4.95. The number of sulfonamides is 1. The molecule has 2 aliphatic heterocycles. The van der Waals surface area contributed by atoms with E-state index in [0.717, 1.165) is 33.8 Å². The molecule has 0 spiro atoms. The van der Waals surface area contributed by atoms with E-state index in [2.05, 4.69) is 5.32 Å². The summed E-state index contributed by atoms with van der Waals surface area (Å²) in [6.07, 6.45) is -3.77. The van der Waals surface area contributed by atoms with Gasteiger partial charge in [0.1, 0.15) is 0 Å². The quantitative estimate of drug-likeness (QED) is 0.691. The van der Waals surface area contributed by atoms with Gasteiger partial charge in [-0.05, 0) is 36.6 Å². The molecule has 0 saturated carbocycles. The fourth-order valence-electron chi connectivity index (χ4n) is 4.34. The fourth-order valence-corrected chi connectivity index (χ4v) is 5.98. The van der Waals surface area contributed by atoms with Crippen LogP contribution in [0.5, 0.6) is 0 Å². The third-order valence-corrected chi connectivity index (χ3v) is 8.18. The molecule has 2 heterocycles. The minimum absolute atomic E-state index is 0.0753. The van der Waals surface area contributed by atoms with Gasteiger partial charge in [-0.2, -0.15) is 17.5 Å². The lowest BCUT2D eigenvalue weighted by Crippen LogP contribution is -2.50. The number of rotatable bonds is 5. The lowest BCUT2D eigenvalue weighted by Gasteiger charge is -2.34. The molecule has 2 amide bonds. The largest absolute Gasteiger partial charge is 0.417 e. The van der Waals surface area contributed by atoms with Crippen LogP contribution in [0.25, 0.3) is 0 Å². The van der Waals surface area contributed by atoms with Gasteiger partial charge in [0.2, 0.25) is 21.8 Å². The molecule has 1 N–H and O–H groups in total. The van der Waals surface area contributed by atoms with Crippen LogP contribution in [-0.2, 0) is 32.2 Å². The number of alkyl halides is 3. The van der Waals surface area contributed by atoms with Crippen LogP contribution < -0.4 is 5.32 Å². The van der Waals surface area contributed by atoms with Crippen molar-refractivity contribution in [2.75, 3.05) is 31.5 Å². The normalized spacial score (nSPS) is 19.4. The van der Waals surface area contributed by atoms with Crippen LogP contribution in [0.4, 0.5) is 18.9 Å². The average molecular weight is 496 g/mol. The summed E-state index contributed by atoms with van der Waals surface area (Å²) in [6, 6.07) is 11.6. The maximum atomic E-state index is 13.3. The number of hydrogen-bond donors (Lipinski definition) is 1. The number of nitrogens with zero attached hydrogens (tertiary/aromatic N) is 2. The van der Waals surface area contributed by atoms with Crippen molar-refractivity contribution >= 4 is 27.5 Å². The van der Waals surface area contributed by atoms with Crippen molar-refractivity contribution in [1.82, 2.24) is 9.21 Å². The van der Waals surface area contributed by atoms with Crippen LogP contribution in [0, 0.1) is 5.92 Å². The lowest BCUT2D eigenvalue weighted by atomic mass is 9.89. The van der Waals surface area contributed by atoms with Crippen LogP contribution in [0.2, 0.25) is 0 Å². The van der Waals surface area contributed by atoms with Crippen LogP contribution >= 0.6 is 0 Å². The number of carbonyl (C=O) groups is 2. The zero-order chi connectivity index (χ0) is 24.5. The van der Waals surface area contributed by atoms with E-state index in [9.17, 15) is 31.2 Å². The molecule has 2 aromatic carbocycles. The van der Waals surface area contributed by atoms with E-state index in [0.29, 0.717) is 12.8 Å². The molecule has 182 valence electrons. The summed E-state index contributed by atoms with van der Waals surface area (Å²) in [5.41, 5.74) is 0.581. The topological polar surface area (TPSA) is 86.8 Å². The summed E-state index contributed by atoms with van der Waals surface area (Å²) in [6.45, 7) is -0.0486. The predicted octanol–water partition coefficient (Wildman–Crippen LogP) is 3.13. The Morgan fingerprint density at radius 3 is 2.35 bits per heavy atom. The fraction of sp³-hybridized carbons (Fsp3) is 0.391. The van der Waals surface area contributed by atoms with E-state index in [1.165, 1.54) is 11.0 Å². The van der Waals surface area contributed by atoms with Gasteiger partial charge in [0, 0.05) is 44.2 Å². The molecule has 2 aromatic rings. The number of hydrogen-bond acceptors (Lipinski definition) is 4. The van der Waals surface area contributed by atoms with Gasteiger partial charge in [0.05, 0.1) is 10.5 Å². The Hall–Kier alpha value is -2.92. The molecule has 1 atom stereocenters. The predicted molar refractivity (Wildman–Crippen MR) is 118 cm³/mol. The molecule has 2 aliphatic rings. The van der Waals surface area contributed by atoms with Gasteiger partial charge in [-0.1, -0.05) is 30.3 Å². The zero-order valence-electron chi connectivity index (χ0n) is 18.2. The van der Waals surface area contributed by atoms with Gasteiger partial charge in [-0.15, -0.1) is 0 Å². The van der Waals surface area contributed by atoms with E-state index in [4.69, 9.17) is 0 Å². The number of fused-ring (bicyclic) bond motifs is 1. The summed E-state index contributed by atoms with van der Waals surface area (Å²) >= 11 is 0. The number of para-hydroxylation sites is 1.